The Labute approximate surface area is 197 Å². The molecule has 0 rings (SSSR count). The van der Waals surface area contributed by atoms with Crippen LogP contribution in [0, 0.1) is 0 Å². The molecule has 0 spiro atoms. The van der Waals surface area contributed by atoms with E-state index >= 15 is 0 Å². The van der Waals surface area contributed by atoms with E-state index in [1.54, 1.807) is 0 Å². The highest BCUT2D eigenvalue weighted by molar-refractivity contribution is 7.95. The standard InChI is InChI=1S/C12F26S/c13-1(14,3(17,18)5(21,22)7(25,26)9(29,30)11(33,34)35)2(15,16)4(19,20)6(23,24)8(27,28)10(31,32)12(36,37)39-38. The highest BCUT2D eigenvalue weighted by Crippen LogP contribution is 2.68. The molecule has 0 saturated heterocycles. The molecule has 0 N–H and O–H groups in total. The maximum atomic E-state index is 13.4. The van der Waals surface area contributed by atoms with Crippen molar-refractivity contribution in [3.05, 3.63) is 0 Å². The van der Waals surface area contributed by atoms with Crippen molar-refractivity contribution < 1.29 is 114 Å². The van der Waals surface area contributed by atoms with E-state index in [-0.39, 0.29) is 0 Å². The average molecular weight is 670 g/mol. The smallest absolute Gasteiger partial charge is 0.192 e. The van der Waals surface area contributed by atoms with Crippen molar-refractivity contribution in [1.29, 1.82) is 0 Å². The van der Waals surface area contributed by atoms with Crippen LogP contribution in [0.25, 0.3) is 0 Å². The third-order valence-corrected chi connectivity index (χ3v) is 4.82. The Kier molecular flexibility index (Phi) is 8.67. The normalized spacial score (nSPS) is 17.1. The Balaban J connectivity index is 7.31. The summed E-state index contributed by atoms with van der Waals surface area (Å²) in [4.78, 5) is 0. The van der Waals surface area contributed by atoms with Crippen molar-refractivity contribution >= 4 is 12.1 Å². The van der Waals surface area contributed by atoms with Crippen LogP contribution in [0.1, 0.15) is 0 Å². The van der Waals surface area contributed by atoms with Gasteiger partial charge >= 0.3 is 70.7 Å². The molecule has 0 radical (unpaired) electrons. The van der Waals surface area contributed by atoms with Gasteiger partial charge in [0.25, 0.3) is 0 Å². The molecular formula is C12F26S. The number of hydrogen-bond acceptors (Lipinski definition) is 1. The first-order valence-corrected chi connectivity index (χ1v) is 8.55. The Hall–Kier alpha value is -1.47. The highest BCUT2D eigenvalue weighted by atomic mass is 32.2. The van der Waals surface area contributed by atoms with Crippen LogP contribution in [0.3, 0.4) is 0 Å². The summed E-state index contributed by atoms with van der Waals surface area (Å²) in [5, 5.41) is -7.39. The van der Waals surface area contributed by atoms with Gasteiger partial charge in [-0.1, -0.05) is 0 Å². The maximum Gasteiger partial charge on any atom is 0.460 e. The second-order valence-corrected chi connectivity index (χ2v) is 7.50. The third-order valence-electron chi connectivity index (χ3n) is 4.37. The van der Waals surface area contributed by atoms with Crippen LogP contribution in [0.5, 0.6) is 0 Å². The largest absolute Gasteiger partial charge is 0.460 e. The summed E-state index contributed by atoms with van der Waals surface area (Å²) in [6.45, 7) is 0. The molecule has 0 aromatic rings. The predicted molar refractivity (Wildman–Crippen MR) is 69.2 cm³/mol. The Morgan fingerprint density at radius 3 is 0.538 bits per heavy atom. The minimum absolute atomic E-state index is 3.43. The highest BCUT2D eigenvalue weighted by Gasteiger charge is 2.99. The van der Waals surface area contributed by atoms with Crippen molar-refractivity contribution in [3.8, 4) is 0 Å². The fourth-order valence-electron chi connectivity index (χ4n) is 1.99. The first-order valence-electron chi connectivity index (χ1n) is 7.83. The van der Waals surface area contributed by atoms with E-state index < -0.39 is 82.8 Å². The lowest BCUT2D eigenvalue weighted by atomic mass is 9.85. The molecule has 0 saturated carbocycles. The molecule has 39 heavy (non-hydrogen) atoms. The summed E-state index contributed by atoms with van der Waals surface area (Å²) < 4.78 is 336. The van der Waals surface area contributed by atoms with Gasteiger partial charge in [0.15, 0.2) is 0 Å². The van der Waals surface area contributed by atoms with E-state index in [2.05, 4.69) is 0 Å². The fourth-order valence-corrected chi connectivity index (χ4v) is 2.21. The van der Waals surface area contributed by atoms with Crippen molar-refractivity contribution in [2.75, 3.05) is 0 Å². The molecule has 0 heterocycles. The molecule has 0 aliphatic carbocycles. The second kappa shape index (κ2) is 9.01. The molecule has 0 fully saturated rings. The maximum absolute atomic E-state index is 13.4. The molecule has 27 heteroatoms. The molecule has 0 unspecified atom stereocenters. The van der Waals surface area contributed by atoms with Crippen LogP contribution in [0.15, 0.2) is 0 Å². The first kappa shape index (κ1) is 37.5. The van der Waals surface area contributed by atoms with E-state index in [1.807, 2.05) is 0 Å². The number of halogens is 26. The molecule has 0 aliphatic rings. The lowest BCUT2D eigenvalue weighted by molar-refractivity contribution is -0.480. The molecule has 0 atom stereocenters. The van der Waals surface area contributed by atoms with Crippen LogP contribution in [0.2, 0.25) is 0 Å². The summed E-state index contributed by atoms with van der Waals surface area (Å²) in [6, 6.07) is 0. The third kappa shape index (κ3) is 4.31. The lowest BCUT2D eigenvalue weighted by Gasteiger charge is -2.45. The zero-order valence-corrected chi connectivity index (χ0v) is 17.1. The number of rotatable bonds is 11. The minimum Gasteiger partial charge on any atom is -0.192 e. The topological polar surface area (TPSA) is 0 Å². The van der Waals surface area contributed by atoms with Crippen molar-refractivity contribution in [3.63, 3.8) is 0 Å². The van der Waals surface area contributed by atoms with Crippen LogP contribution >= 0.6 is 12.1 Å². The summed E-state index contributed by atoms with van der Waals surface area (Å²) in [6.07, 6.45) is -8.18. The first-order chi connectivity index (χ1) is 16.3. The van der Waals surface area contributed by atoms with Gasteiger partial charge in [-0.15, -0.1) is 0 Å². The van der Waals surface area contributed by atoms with Crippen LogP contribution in [0.4, 0.5) is 114 Å². The van der Waals surface area contributed by atoms with Crippen molar-refractivity contribution in [2.24, 2.45) is 0 Å². The van der Waals surface area contributed by atoms with Gasteiger partial charge in [0, 0.05) is 0 Å². The van der Waals surface area contributed by atoms with E-state index in [0.29, 0.717) is 0 Å². The van der Waals surface area contributed by atoms with E-state index in [9.17, 15) is 114 Å². The van der Waals surface area contributed by atoms with Gasteiger partial charge in [0.1, 0.15) is 12.1 Å². The van der Waals surface area contributed by atoms with Gasteiger partial charge in [-0.25, -0.2) is 0 Å². The van der Waals surface area contributed by atoms with Gasteiger partial charge in [-0.05, 0) is 0 Å². The summed E-state index contributed by atoms with van der Waals surface area (Å²) in [7, 11) is 0. The van der Waals surface area contributed by atoms with Crippen LogP contribution in [-0.4, -0.2) is 70.7 Å². The monoisotopic (exact) mass is 670 g/mol. The molecule has 0 aromatic heterocycles. The quantitative estimate of drug-likeness (QED) is 0.198. The van der Waals surface area contributed by atoms with Crippen molar-refractivity contribution in [1.82, 2.24) is 0 Å². The average Bonchev–Trinajstić information content (AvgIpc) is 2.71. The predicted octanol–water partition coefficient (Wildman–Crippen LogP) is 9.11. The van der Waals surface area contributed by atoms with E-state index in [1.165, 1.54) is 0 Å². The molecule has 0 aliphatic heterocycles. The summed E-state index contributed by atoms with van der Waals surface area (Å²) in [5.41, 5.74) is 0. The zero-order chi connectivity index (χ0) is 32.7. The van der Waals surface area contributed by atoms with E-state index in [0.717, 1.165) is 0 Å². The van der Waals surface area contributed by atoms with Gasteiger partial charge < -0.3 is 0 Å². The zero-order valence-electron chi connectivity index (χ0n) is 16.2. The number of alkyl halides is 25. The summed E-state index contributed by atoms with van der Waals surface area (Å²) in [5.74, 6) is -92.2. The molecular weight excluding hydrogens is 670 g/mol. The fraction of sp³-hybridized carbons (Fsp3) is 1.00. The molecule has 0 bridgehead atoms. The van der Waals surface area contributed by atoms with E-state index in [4.69, 9.17) is 0 Å². The SMILES string of the molecule is FSC(F)(F)C(F)(F)C(F)(F)C(F)(F)C(F)(F)C(F)(F)C(F)(F)C(F)(F)C(F)(F)C(F)(F)C(F)(F)C(F)(F)F. The summed E-state index contributed by atoms with van der Waals surface area (Å²) >= 11 is -3.43. The van der Waals surface area contributed by atoms with Gasteiger partial charge in [0.2, 0.25) is 0 Å². The van der Waals surface area contributed by atoms with Gasteiger partial charge in [-0.3, -0.25) is 0 Å². The minimum atomic E-state index is -9.63. The lowest BCUT2D eigenvalue weighted by Crippen LogP contribution is -2.78. The van der Waals surface area contributed by atoms with Gasteiger partial charge in [0.05, 0.1) is 0 Å². The Morgan fingerprint density at radius 2 is 0.385 bits per heavy atom. The molecule has 0 aromatic carbocycles. The van der Waals surface area contributed by atoms with Crippen LogP contribution in [-0.2, 0) is 0 Å². The number of hydrogen-bond donors (Lipinski definition) is 0. The molecule has 236 valence electrons. The van der Waals surface area contributed by atoms with Crippen LogP contribution < -0.4 is 0 Å². The second-order valence-electron chi connectivity index (χ2n) is 6.84. The van der Waals surface area contributed by atoms with Crippen molar-refractivity contribution in [2.45, 2.75) is 70.7 Å². The molecule has 0 amide bonds. The van der Waals surface area contributed by atoms with Gasteiger partial charge in [-0.2, -0.15) is 114 Å². The molecule has 0 nitrogen and oxygen atoms in total. The Morgan fingerprint density at radius 1 is 0.231 bits per heavy atom. The Bertz CT molecular complexity index is 891.